The van der Waals surface area contributed by atoms with Crippen LogP contribution in [0.5, 0.6) is 11.5 Å². The lowest BCUT2D eigenvalue weighted by molar-refractivity contribution is 0.146. The van der Waals surface area contributed by atoms with Gasteiger partial charge >= 0.3 is 0 Å². The van der Waals surface area contributed by atoms with Crippen LogP contribution in [0.4, 0.5) is 15.9 Å². The summed E-state index contributed by atoms with van der Waals surface area (Å²) in [6.45, 7) is 1.54. The SMILES string of the molecule is C#Cc1cc(Nc2ncnc3cc(OCCOC)ccc23)c(OCCOC)cc1F.Cl. The molecular weight excluding hydrogens is 425 g/mol. The molecule has 7 nitrogen and oxygen atoms in total. The number of anilines is 2. The van der Waals surface area contributed by atoms with Gasteiger partial charge in [-0.05, 0) is 18.2 Å². The lowest BCUT2D eigenvalue weighted by atomic mass is 10.1. The summed E-state index contributed by atoms with van der Waals surface area (Å²) < 4.78 is 35.4. The summed E-state index contributed by atoms with van der Waals surface area (Å²) in [5, 5.41) is 3.93. The number of terminal acetylenes is 1. The summed E-state index contributed by atoms with van der Waals surface area (Å²) in [6, 6.07) is 8.23. The molecule has 3 aromatic rings. The van der Waals surface area contributed by atoms with Crippen LogP contribution in [-0.4, -0.2) is 50.6 Å². The van der Waals surface area contributed by atoms with Gasteiger partial charge in [0.2, 0.25) is 0 Å². The van der Waals surface area contributed by atoms with E-state index in [1.807, 2.05) is 18.2 Å². The number of rotatable bonds is 10. The second-order valence-corrected chi connectivity index (χ2v) is 6.18. The Hall–Kier alpha value is -3.12. The maximum Gasteiger partial charge on any atom is 0.145 e. The third-order valence-corrected chi connectivity index (χ3v) is 4.19. The Morgan fingerprint density at radius 2 is 1.74 bits per heavy atom. The molecule has 0 bridgehead atoms. The van der Waals surface area contributed by atoms with Crippen LogP contribution in [0.3, 0.4) is 0 Å². The van der Waals surface area contributed by atoms with E-state index >= 15 is 0 Å². The van der Waals surface area contributed by atoms with Crippen molar-refractivity contribution in [3.8, 4) is 23.8 Å². The van der Waals surface area contributed by atoms with Crippen LogP contribution in [0.15, 0.2) is 36.7 Å². The number of hydrogen-bond acceptors (Lipinski definition) is 7. The van der Waals surface area contributed by atoms with Gasteiger partial charge in [0.05, 0.1) is 30.0 Å². The van der Waals surface area contributed by atoms with E-state index in [0.29, 0.717) is 48.3 Å². The van der Waals surface area contributed by atoms with Crippen LogP contribution < -0.4 is 14.8 Å². The van der Waals surface area contributed by atoms with Crippen molar-refractivity contribution in [2.45, 2.75) is 0 Å². The van der Waals surface area contributed by atoms with Crippen molar-refractivity contribution in [3.63, 3.8) is 0 Å². The summed E-state index contributed by atoms with van der Waals surface area (Å²) in [4.78, 5) is 8.61. The van der Waals surface area contributed by atoms with Crippen LogP contribution in [-0.2, 0) is 9.47 Å². The van der Waals surface area contributed by atoms with Gasteiger partial charge in [-0.2, -0.15) is 0 Å². The highest BCUT2D eigenvalue weighted by Crippen LogP contribution is 2.33. The highest BCUT2D eigenvalue weighted by Gasteiger charge is 2.13. The lowest BCUT2D eigenvalue weighted by Crippen LogP contribution is -2.07. The molecule has 2 aromatic carbocycles. The fraction of sp³-hybridized carbons (Fsp3) is 0.273. The fourth-order valence-corrected chi connectivity index (χ4v) is 2.71. The Labute approximate surface area is 186 Å². The molecule has 0 atom stereocenters. The first-order valence-corrected chi connectivity index (χ1v) is 9.21. The van der Waals surface area contributed by atoms with Gasteiger partial charge in [0.15, 0.2) is 0 Å². The van der Waals surface area contributed by atoms with Gasteiger partial charge in [-0.1, -0.05) is 5.92 Å². The molecule has 3 rings (SSSR count). The lowest BCUT2D eigenvalue weighted by Gasteiger charge is -2.15. The highest BCUT2D eigenvalue weighted by atomic mass is 35.5. The third kappa shape index (κ3) is 6.18. The van der Waals surface area contributed by atoms with Gasteiger partial charge in [0.1, 0.15) is 42.7 Å². The van der Waals surface area contributed by atoms with E-state index in [9.17, 15) is 4.39 Å². The number of methoxy groups -OCH3 is 2. The summed E-state index contributed by atoms with van der Waals surface area (Å²) in [7, 11) is 3.17. The second-order valence-electron chi connectivity index (χ2n) is 6.18. The van der Waals surface area contributed by atoms with E-state index in [4.69, 9.17) is 25.4 Å². The molecule has 0 radical (unpaired) electrons. The predicted octanol–water partition coefficient (Wildman–Crippen LogP) is 3.97. The third-order valence-electron chi connectivity index (χ3n) is 4.19. The molecule has 0 spiro atoms. The first-order valence-electron chi connectivity index (χ1n) is 9.21. The zero-order valence-corrected chi connectivity index (χ0v) is 18.0. The van der Waals surface area contributed by atoms with Crippen molar-refractivity contribution in [3.05, 3.63) is 48.0 Å². The number of nitrogens with zero attached hydrogens (tertiary/aromatic N) is 2. The first kappa shape index (κ1) is 24.2. The van der Waals surface area contributed by atoms with Gasteiger partial charge < -0.3 is 24.3 Å². The molecule has 1 heterocycles. The maximum atomic E-state index is 14.2. The molecule has 0 saturated carbocycles. The number of halogens is 2. The molecule has 0 amide bonds. The number of nitrogens with one attached hydrogen (secondary N) is 1. The average Bonchev–Trinajstić information content (AvgIpc) is 2.75. The molecule has 9 heteroatoms. The normalized spacial score (nSPS) is 10.3. The van der Waals surface area contributed by atoms with Crippen molar-refractivity contribution in [2.75, 3.05) is 46.0 Å². The molecule has 0 aliphatic carbocycles. The molecule has 1 aromatic heterocycles. The summed E-state index contributed by atoms with van der Waals surface area (Å²) >= 11 is 0. The monoisotopic (exact) mass is 447 g/mol. The number of hydrogen-bond donors (Lipinski definition) is 1. The van der Waals surface area contributed by atoms with Crippen LogP contribution >= 0.6 is 12.4 Å². The van der Waals surface area contributed by atoms with E-state index in [1.54, 1.807) is 14.2 Å². The standard InChI is InChI=1S/C22H22FN3O4.ClH/c1-4-15-11-20(21(13-18(15)23)30-10-8-28-3)26-22-17-6-5-16(29-9-7-27-2)12-19(17)24-14-25-22;/h1,5-6,11-14H,7-10H2,2-3H3,(H,24,25,26);1H. The van der Waals surface area contributed by atoms with Gasteiger partial charge in [-0.3, -0.25) is 0 Å². The van der Waals surface area contributed by atoms with Crippen molar-refractivity contribution < 1.29 is 23.3 Å². The number of fused-ring (bicyclic) bond motifs is 1. The Morgan fingerprint density at radius 3 is 2.45 bits per heavy atom. The number of ether oxygens (including phenoxy) is 4. The van der Waals surface area contributed by atoms with Crippen LogP contribution in [0.1, 0.15) is 5.56 Å². The molecule has 0 unspecified atom stereocenters. The van der Waals surface area contributed by atoms with Crippen molar-refractivity contribution in [1.82, 2.24) is 9.97 Å². The molecule has 0 aliphatic rings. The van der Waals surface area contributed by atoms with E-state index in [2.05, 4.69) is 21.2 Å². The van der Waals surface area contributed by atoms with E-state index in [0.717, 1.165) is 5.39 Å². The summed E-state index contributed by atoms with van der Waals surface area (Å²) in [5.74, 6) is 3.28. The minimum absolute atomic E-state index is 0. The maximum absolute atomic E-state index is 14.2. The van der Waals surface area contributed by atoms with Gasteiger partial charge in [-0.25, -0.2) is 14.4 Å². The zero-order valence-electron chi connectivity index (χ0n) is 17.2. The summed E-state index contributed by atoms with van der Waals surface area (Å²) in [5.41, 5.74) is 1.29. The Bertz CT molecular complexity index is 1060. The van der Waals surface area contributed by atoms with Crippen LogP contribution in [0.2, 0.25) is 0 Å². The Morgan fingerprint density at radius 1 is 1.00 bits per heavy atom. The molecular formula is C22H23ClFN3O4. The molecule has 31 heavy (non-hydrogen) atoms. The smallest absolute Gasteiger partial charge is 0.145 e. The number of benzene rings is 2. The second kappa shape index (κ2) is 11.9. The van der Waals surface area contributed by atoms with Crippen molar-refractivity contribution >= 4 is 34.8 Å². The Kier molecular flexibility index (Phi) is 9.28. The van der Waals surface area contributed by atoms with Gasteiger partial charge in [0, 0.05) is 31.7 Å². The fourth-order valence-electron chi connectivity index (χ4n) is 2.71. The molecule has 0 fully saturated rings. The minimum atomic E-state index is -0.541. The highest BCUT2D eigenvalue weighted by molar-refractivity contribution is 5.92. The van der Waals surface area contributed by atoms with Gasteiger partial charge in [-0.15, -0.1) is 18.8 Å². The predicted molar refractivity (Wildman–Crippen MR) is 119 cm³/mol. The molecule has 0 saturated heterocycles. The van der Waals surface area contributed by atoms with E-state index in [-0.39, 0.29) is 24.6 Å². The molecule has 0 aliphatic heterocycles. The topological polar surface area (TPSA) is 74.7 Å². The molecule has 1 N–H and O–H groups in total. The van der Waals surface area contributed by atoms with Crippen molar-refractivity contribution in [2.24, 2.45) is 0 Å². The minimum Gasteiger partial charge on any atom is -0.491 e. The summed E-state index contributed by atoms with van der Waals surface area (Å²) in [6.07, 6.45) is 6.85. The van der Waals surface area contributed by atoms with Gasteiger partial charge in [0.25, 0.3) is 0 Å². The van der Waals surface area contributed by atoms with Crippen LogP contribution in [0.25, 0.3) is 10.9 Å². The molecule has 164 valence electrons. The van der Waals surface area contributed by atoms with E-state index < -0.39 is 5.82 Å². The van der Waals surface area contributed by atoms with E-state index in [1.165, 1.54) is 18.5 Å². The average molecular weight is 448 g/mol. The zero-order chi connectivity index (χ0) is 21.3. The number of aromatic nitrogens is 2. The van der Waals surface area contributed by atoms with Crippen molar-refractivity contribution in [1.29, 1.82) is 0 Å². The largest absolute Gasteiger partial charge is 0.491 e. The Balaban J connectivity index is 0.00000341. The quantitative estimate of drug-likeness (QED) is 0.372. The van der Waals surface area contributed by atoms with Crippen LogP contribution in [0, 0.1) is 18.2 Å². The first-order chi connectivity index (χ1) is 14.7.